The van der Waals surface area contributed by atoms with Crippen molar-refractivity contribution in [3.05, 3.63) is 47.9 Å². The average molecular weight is 263 g/mol. The van der Waals surface area contributed by atoms with Crippen molar-refractivity contribution in [3.8, 4) is 11.3 Å². The molecular weight excluding hydrogens is 248 g/mol. The van der Waals surface area contributed by atoms with E-state index >= 15 is 0 Å². The SMILES string of the molecule is CNC(C)(C)c1nccc(-c2cc(F)ccc2F)n1. The Morgan fingerprint density at radius 1 is 1.16 bits per heavy atom. The lowest BCUT2D eigenvalue weighted by molar-refractivity contribution is 0.417. The molecule has 0 unspecified atom stereocenters. The van der Waals surface area contributed by atoms with E-state index in [2.05, 4.69) is 15.3 Å². The molecule has 2 rings (SSSR count). The average Bonchev–Trinajstić information content (AvgIpc) is 2.41. The van der Waals surface area contributed by atoms with Crippen LogP contribution in [0.3, 0.4) is 0 Å². The molecule has 0 saturated heterocycles. The molecule has 5 heteroatoms. The fourth-order valence-electron chi connectivity index (χ4n) is 1.62. The van der Waals surface area contributed by atoms with E-state index in [0.717, 1.165) is 18.2 Å². The third-order valence-corrected chi connectivity index (χ3v) is 3.04. The number of benzene rings is 1. The van der Waals surface area contributed by atoms with Crippen LogP contribution >= 0.6 is 0 Å². The van der Waals surface area contributed by atoms with Gasteiger partial charge in [-0.05, 0) is 45.2 Å². The smallest absolute Gasteiger partial charge is 0.148 e. The standard InChI is InChI=1S/C14H15F2N3/c1-14(2,17-3)13-18-7-6-12(19-13)10-8-9(15)4-5-11(10)16/h4-8,17H,1-3H3. The van der Waals surface area contributed by atoms with E-state index in [1.165, 1.54) is 0 Å². The predicted molar refractivity (Wildman–Crippen MR) is 69.5 cm³/mol. The molecule has 3 nitrogen and oxygen atoms in total. The minimum Gasteiger partial charge on any atom is -0.308 e. The summed E-state index contributed by atoms with van der Waals surface area (Å²) in [4.78, 5) is 8.48. The number of hydrogen-bond acceptors (Lipinski definition) is 3. The van der Waals surface area contributed by atoms with Crippen LogP contribution in [0.4, 0.5) is 8.78 Å². The highest BCUT2D eigenvalue weighted by atomic mass is 19.1. The first-order valence-electron chi connectivity index (χ1n) is 5.92. The Bertz CT molecular complexity index is 597. The number of hydrogen-bond donors (Lipinski definition) is 1. The lowest BCUT2D eigenvalue weighted by atomic mass is 10.0. The van der Waals surface area contributed by atoms with Gasteiger partial charge in [0.05, 0.1) is 11.2 Å². The van der Waals surface area contributed by atoms with E-state index in [0.29, 0.717) is 11.5 Å². The molecule has 2 aromatic rings. The molecule has 1 aromatic carbocycles. The van der Waals surface area contributed by atoms with Gasteiger partial charge in [0.2, 0.25) is 0 Å². The molecule has 0 saturated carbocycles. The van der Waals surface area contributed by atoms with Crippen LogP contribution in [0.1, 0.15) is 19.7 Å². The summed E-state index contributed by atoms with van der Waals surface area (Å²) < 4.78 is 26.9. The van der Waals surface area contributed by atoms with E-state index in [9.17, 15) is 8.78 Å². The summed E-state index contributed by atoms with van der Waals surface area (Å²) in [7, 11) is 1.79. The summed E-state index contributed by atoms with van der Waals surface area (Å²) in [5.41, 5.74) is 0.0562. The zero-order valence-electron chi connectivity index (χ0n) is 11.0. The lowest BCUT2D eigenvalue weighted by Crippen LogP contribution is -2.35. The van der Waals surface area contributed by atoms with Crippen molar-refractivity contribution in [3.63, 3.8) is 0 Å². The predicted octanol–water partition coefficient (Wildman–Crippen LogP) is 2.88. The maximum absolute atomic E-state index is 13.7. The van der Waals surface area contributed by atoms with Gasteiger partial charge in [-0.15, -0.1) is 0 Å². The first kappa shape index (κ1) is 13.5. The fourth-order valence-corrected chi connectivity index (χ4v) is 1.62. The largest absolute Gasteiger partial charge is 0.308 e. The third-order valence-electron chi connectivity index (χ3n) is 3.04. The van der Waals surface area contributed by atoms with Gasteiger partial charge in [0.25, 0.3) is 0 Å². The quantitative estimate of drug-likeness (QED) is 0.925. The van der Waals surface area contributed by atoms with Gasteiger partial charge >= 0.3 is 0 Å². The number of halogens is 2. The van der Waals surface area contributed by atoms with Crippen molar-refractivity contribution in [2.45, 2.75) is 19.4 Å². The molecule has 0 radical (unpaired) electrons. The molecule has 0 bridgehead atoms. The summed E-state index contributed by atoms with van der Waals surface area (Å²) in [6.07, 6.45) is 1.54. The van der Waals surface area contributed by atoms with Gasteiger partial charge in [0.1, 0.15) is 17.5 Å². The van der Waals surface area contributed by atoms with Gasteiger partial charge in [-0.2, -0.15) is 0 Å². The van der Waals surface area contributed by atoms with Gasteiger partial charge in [-0.1, -0.05) is 0 Å². The molecule has 100 valence electrons. The first-order valence-corrected chi connectivity index (χ1v) is 5.92. The number of nitrogens with zero attached hydrogens (tertiary/aromatic N) is 2. The number of rotatable bonds is 3. The molecular formula is C14H15F2N3. The minimum atomic E-state index is -0.506. The molecule has 1 heterocycles. The first-order chi connectivity index (χ1) is 8.94. The van der Waals surface area contributed by atoms with Gasteiger partial charge in [0, 0.05) is 11.8 Å². The number of nitrogens with one attached hydrogen (secondary N) is 1. The van der Waals surface area contributed by atoms with Crippen molar-refractivity contribution < 1.29 is 8.78 Å². The summed E-state index contributed by atoms with van der Waals surface area (Å²) in [6.45, 7) is 3.82. The number of aromatic nitrogens is 2. The molecule has 1 N–H and O–H groups in total. The lowest BCUT2D eigenvalue weighted by Gasteiger charge is -2.22. The fraction of sp³-hybridized carbons (Fsp3) is 0.286. The zero-order valence-corrected chi connectivity index (χ0v) is 11.0. The topological polar surface area (TPSA) is 37.8 Å². The van der Waals surface area contributed by atoms with Crippen LogP contribution in [0.2, 0.25) is 0 Å². The zero-order chi connectivity index (χ0) is 14.0. The summed E-state index contributed by atoms with van der Waals surface area (Å²) in [5, 5.41) is 3.07. The van der Waals surface area contributed by atoms with Crippen LogP contribution in [0.15, 0.2) is 30.5 Å². The second-order valence-electron chi connectivity index (χ2n) is 4.76. The molecule has 1 aromatic heterocycles. The van der Waals surface area contributed by atoms with E-state index in [1.54, 1.807) is 19.3 Å². The van der Waals surface area contributed by atoms with E-state index in [4.69, 9.17) is 0 Å². The summed E-state index contributed by atoms with van der Waals surface area (Å²) in [5.74, 6) is -0.478. The van der Waals surface area contributed by atoms with Crippen LogP contribution in [0.25, 0.3) is 11.3 Å². The maximum Gasteiger partial charge on any atom is 0.148 e. The molecule has 0 fully saturated rings. The maximum atomic E-state index is 13.7. The van der Waals surface area contributed by atoms with Crippen molar-refractivity contribution >= 4 is 0 Å². The molecule has 0 aliphatic carbocycles. The Balaban J connectivity index is 2.52. The molecule has 19 heavy (non-hydrogen) atoms. The van der Waals surface area contributed by atoms with Gasteiger partial charge in [0.15, 0.2) is 0 Å². The van der Waals surface area contributed by atoms with Crippen LogP contribution < -0.4 is 5.32 Å². The second-order valence-corrected chi connectivity index (χ2v) is 4.76. The van der Waals surface area contributed by atoms with Gasteiger partial charge in [-0.25, -0.2) is 18.7 Å². The van der Waals surface area contributed by atoms with E-state index in [-0.39, 0.29) is 5.56 Å². The Morgan fingerprint density at radius 2 is 1.89 bits per heavy atom. The molecule has 0 atom stereocenters. The highest BCUT2D eigenvalue weighted by Crippen LogP contribution is 2.23. The highest BCUT2D eigenvalue weighted by molar-refractivity contribution is 5.59. The van der Waals surface area contributed by atoms with Crippen LogP contribution in [-0.4, -0.2) is 17.0 Å². The summed E-state index contributed by atoms with van der Waals surface area (Å²) in [6, 6.07) is 4.87. The molecule has 0 aliphatic heterocycles. The summed E-state index contributed by atoms with van der Waals surface area (Å²) >= 11 is 0. The van der Waals surface area contributed by atoms with E-state index < -0.39 is 17.2 Å². The van der Waals surface area contributed by atoms with Gasteiger partial charge < -0.3 is 5.32 Å². The van der Waals surface area contributed by atoms with E-state index in [1.807, 2.05) is 13.8 Å². The second kappa shape index (κ2) is 5.01. The Kier molecular flexibility index (Phi) is 3.57. The van der Waals surface area contributed by atoms with Gasteiger partial charge in [-0.3, -0.25) is 0 Å². The minimum absolute atomic E-state index is 0.135. The van der Waals surface area contributed by atoms with Crippen LogP contribution in [0, 0.1) is 11.6 Å². The molecule has 0 aliphatic rings. The van der Waals surface area contributed by atoms with Crippen molar-refractivity contribution in [1.82, 2.24) is 15.3 Å². The normalized spacial score (nSPS) is 11.6. The Hall–Kier alpha value is -1.88. The van der Waals surface area contributed by atoms with Crippen molar-refractivity contribution in [1.29, 1.82) is 0 Å². The van der Waals surface area contributed by atoms with Crippen LogP contribution in [-0.2, 0) is 5.54 Å². The highest BCUT2D eigenvalue weighted by Gasteiger charge is 2.22. The third kappa shape index (κ3) is 2.76. The Morgan fingerprint density at radius 3 is 2.58 bits per heavy atom. The van der Waals surface area contributed by atoms with Crippen LogP contribution in [0.5, 0.6) is 0 Å². The molecule has 0 amide bonds. The molecule has 0 spiro atoms. The monoisotopic (exact) mass is 263 g/mol. The van der Waals surface area contributed by atoms with Crippen molar-refractivity contribution in [2.75, 3.05) is 7.05 Å². The van der Waals surface area contributed by atoms with Crippen molar-refractivity contribution in [2.24, 2.45) is 0 Å². The Labute approximate surface area is 110 Å².